The number of hydrogen-bond acceptors (Lipinski definition) is 9. The van der Waals surface area contributed by atoms with Gasteiger partial charge in [-0.05, 0) is 55.8 Å². The van der Waals surface area contributed by atoms with Gasteiger partial charge in [0, 0.05) is 24.1 Å². The summed E-state index contributed by atoms with van der Waals surface area (Å²) in [6.45, 7) is 3.68. The third-order valence-electron chi connectivity index (χ3n) is 5.34. The lowest BCUT2D eigenvalue weighted by Gasteiger charge is -2.27. The summed E-state index contributed by atoms with van der Waals surface area (Å²) in [5.74, 6) is -1.48. The summed E-state index contributed by atoms with van der Waals surface area (Å²) in [5, 5.41) is 3.78. The first kappa shape index (κ1) is 27.0. The molecule has 1 unspecified atom stereocenters. The molecule has 202 valence electrons. The Bertz CT molecular complexity index is 1430. The van der Waals surface area contributed by atoms with Crippen molar-refractivity contribution >= 4 is 27.3 Å². The molecule has 1 atom stereocenters. The average Bonchev–Trinajstić information content (AvgIpc) is 3.19. The zero-order valence-corrected chi connectivity index (χ0v) is 21.3. The molecule has 0 amide bonds. The van der Waals surface area contributed by atoms with Crippen LogP contribution in [-0.4, -0.2) is 37.9 Å². The van der Waals surface area contributed by atoms with Gasteiger partial charge in [0.25, 0.3) is 0 Å². The lowest BCUT2D eigenvalue weighted by Crippen LogP contribution is -2.37. The Morgan fingerprint density at radius 2 is 1.84 bits per heavy atom. The predicted octanol–water partition coefficient (Wildman–Crippen LogP) is 4.80. The van der Waals surface area contributed by atoms with E-state index in [1.54, 1.807) is 44.2 Å². The Balaban J connectivity index is 1.61. The van der Waals surface area contributed by atoms with Crippen molar-refractivity contribution in [3.05, 3.63) is 71.9 Å². The molecule has 0 spiro atoms. The molecule has 1 aliphatic heterocycles. The van der Waals surface area contributed by atoms with Crippen molar-refractivity contribution in [2.45, 2.75) is 43.8 Å². The van der Waals surface area contributed by atoms with Crippen LogP contribution in [0, 0.1) is 0 Å². The maximum atomic E-state index is 13.0. The Morgan fingerprint density at radius 3 is 2.47 bits per heavy atom. The van der Waals surface area contributed by atoms with E-state index in [9.17, 15) is 26.4 Å². The predicted molar refractivity (Wildman–Crippen MR) is 131 cm³/mol. The normalized spacial score (nSPS) is 15.1. The van der Waals surface area contributed by atoms with Gasteiger partial charge in [0.05, 0.1) is 11.0 Å². The number of aromatic nitrogens is 1. The number of anilines is 2. The first-order valence-electron chi connectivity index (χ1n) is 11.4. The number of fused-ring (bicyclic) bond motifs is 1. The number of nitrogens with zero attached hydrogens (tertiary/aromatic N) is 2. The number of ether oxygens (including phenoxy) is 2. The number of sulfone groups is 1. The second-order valence-corrected chi connectivity index (χ2v) is 10.7. The van der Waals surface area contributed by atoms with Crippen molar-refractivity contribution < 1.29 is 40.7 Å². The summed E-state index contributed by atoms with van der Waals surface area (Å²) in [6, 6.07) is 14.0. The number of alkyl halides is 3. The second-order valence-electron chi connectivity index (χ2n) is 8.69. The molecule has 0 aliphatic carbocycles. The van der Waals surface area contributed by atoms with E-state index in [4.69, 9.17) is 14.3 Å². The quantitative estimate of drug-likeness (QED) is 0.422. The molecule has 1 N–H and O–H groups in total. The molecule has 3 aromatic rings. The van der Waals surface area contributed by atoms with E-state index >= 15 is 0 Å². The van der Waals surface area contributed by atoms with Crippen molar-refractivity contribution in [2.24, 2.45) is 0 Å². The lowest BCUT2D eigenvalue weighted by atomic mass is 10.1. The molecule has 1 aliphatic rings. The highest BCUT2D eigenvalue weighted by atomic mass is 32.2. The van der Waals surface area contributed by atoms with Crippen molar-refractivity contribution in [3.63, 3.8) is 0 Å². The Morgan fingerprint density at radius 1 is 1.13 bits per heavy atom. The number of hydroxylamine groups is 1. The summed E-state index contributed by atoms with van der Waals surface area (Å²) in [4.78, 5) is 20.7. The average molecular weight is 552 g/mol. The molecule has 2 aromatic carbocycles. The van der Waals surface area contributed by atoms with Crippen molar-refractivity contribution in [1.82, 2.24) is 4.98 Å². The highest BCUT2D eigenvalue weighted by molar-refractivity contribution is 7.90. The minimum Gasteiger partial charge on any atom is -0.490 e. The van der Waals surface area contributed by atoms with Gasteiger partial charge in [0.15, 0.2) is 21.8 Å². The number of benzene rings is 2. The molecule has 38 heavy (non-hydrogen) atoms. The molecular formula is C25H24F3N3O6S. The standard InChI is InChI=1S/C25H24F3N3O6S/c1-15(2)36-21-13-17(35-14-16-6-9-18(10-7-16)38(3,33)34)8-11-19(21)23-30-22-20(5-4-12-29-22)31(23)37-24(32)25(26,27)28/h4-13,15,23H,14H2,1-3H3,(H,29,30). The summed E-state index contributed by atoms with van der Waals surface area (Å²) >= 11 is 0. The minimum atomic E-state index is -5.20. The number of hydrogen-bond donors (Lipinski definition) is 1. The first-order chi connectivity index (χ1) is 17.8. The van der Waals surface area contributed by atoms with Crippen LogP contribution >= 0.6 is 0 Å². The van der Waals surface area contributed by atoms with E-state index in [-0.39, 0.29) is 34.9 Å². The van der Waals surface area contributed by atoms with E-state index in [2.05, 4.69) is 10.3 Å². The van der Waals surface area contributed by atoms with Crippen LogP contribution in [0.4, 0.5) is 24.7 Å². The Labute approximate surface area is 217 Å². The number of carbonyl (C=O) groups is 1. The third-order valence-corrected chi connectivity index (χ3v) is 6.47. The van der Waals surface area contributed by atoms with Gasteiger partial charge < -0.3 is 19.6 Å². The van der Waals surface area contributed by atoms with E-state index in [1.807, 2.05) is 0 Å². The highest BCUT2D eigenvalue weighted by Gasteiger charge is 2.46. The van der Waals surface area contributed by atoms with Gasteiger partial charge in [-0.2, -0.15) is 18.2 Å². The number of pyridine rings is 1. The van der Waals surface area contributed by atoms with Crippen LogP contribution in [-0.2, 0) is 26.1 Å². The van der Waals surface area contributed by atoms with Gasteiger partial charge in [-0.25, -0.2) is 18.2 Å². The van der Waals surface area contributed by atoms with Gasteiger partial charge >= 0.3 is 12.1 Å². The van der Waals surface area contributed by atoms with Crippen LogP contribution in [0.3, 0.4) is 0 Å². The van der Waals surface area contributed by atoms with Crippen LogP contribution in [0.15, 0.2) is 65.7 Å². The zero-order chi connectivity index (χ0) is 27.7. The monoisotopic (exact) mass is 551 g/mol. The van der Waals surface area contributed by atoms with E-state index in [0.29, 0.717) is 11.3 Å². The molecule has 9 nitrogen and oxygen atoms in total. The summed E-state index contributed by atoms with van der Waals surface area (Å²) in [5.41, 5.74) is 1.23. The third kappa shape index (κ3) is 6.10. The van der Waals surface area contributed by atoms with Crippen LogP contribution in [0.25, 0.3) is 0 Å². The minimum absolute atomic E-state index is 0.122. The van der Waals surface area contributed by atoms with Crippen LogP contribution < -0.4 is 19.9 Å². The zero-order valence-electron chi connectivity index (χ0n) is 20.5. The fourth-order valence-corrected chi connectivity index (χ4v) is 4.28. The first-order valence-corrected chi connectivity index (χ1v) is 13.2. The number of carbonyl (C=O) groups excluding carboxylic acids is 1. The van der Waals surface area contributed by atoms with Crippen molar-refractivity contribution in [3.8, 4) is 11.5 Å². The second kappa shape index (κ2) is 10.4. The molecule has 2 heterocycles. The topological polar surface area (TPSA) is 107 Å². The van der Waals surface area contributed by atoms with Crippen molar-refractivity contribution in [2.75, 3.05) is 16.6 Å². The molecule has 0 fully saturated rings. The Hall–Kier alpha value is -4.00. The molecule has 13 heteroatoms. The van der Waals surface area contributed by atoms with Crippen LogP contribution in [0.5, 0.6) is 11.5 Å². The van der Waals surface area contributed by atoms with Gasteiger partial charge in [-0.15, -0.1) is 0 Å². The molecule has 0 saturated heterocycles. The number of rotatable bonds is 8. The van der Waals surface area contributed by atoms with E-state index in [0.717, 1.165) is 16.9 Å². The fourth-order valence-electron chi connectivity index (χ4n) is 3.65. The molecule has 4 rings (SSSR count). The van der Waals surface area contributed by atoms with Gasteiger partial charge in [0.2, 0.25) is 0 Å². The molecular weight excluding hydrogens is 527 g/mol. The number of nitrogens with one attached hydrogen (secondary N) is 1. The lowest BCUT2D eigenvalue weighted by molar-refractivity contribution is -0.201. The van der Waals surface area contributed by atoms with Gasteiger partial charge in [-0.1, -0.05) is 12.1 Å². The Kier molecular flexibility index (Phi) is 7.40. The molecule has 1 aromatic heterocycles. The summed E-state index contributed by atoms with van der Waals surface area (Å²) in [6.07, 6.45) is -4.01. The molecule has 0 bridgehead atoms. The maximum Gasteiger partial charge on any atom is 0.493 e. The van der Waals surface area contributed by atoms with E-state index < -0.39 is 28.1 Å². The fraction of sp³-hybridized carbons (Fsp3) is 0.280. The number of halogens is 3. The SMILES string of the molecule is CC(C)Oc1cc(OCc2ccc(S(C)(=O)=O)cc2)ccc1C1Nc2ncccc2N1OC(=O)C(F)(F)F. The van der Waals surface area contributed by atoms with Crippen LogP contribution in [0.2, 0.25) is 0 Å². The highest BCUT2D eigenvalue weighted by Crippen LogP contribution is 2.44. The molecule has 0 radical (unpaired) electrons. The molecule has 0 saturated carbocycles. The summed E-state index contributed by atoms with van der Waals surface area (Å²) < 4.78 is 74.1. The van der Waals surface area contributed by atoms with E-state index in [1.165, 1.54) is 30.5 Å². The largest absolute Gasteiger partial charge is 0.493 e. The maximum absolute atomic E-state index is 13.0. The van der Waals surface area contributed by atoms with Gasteiger partial charge in [-0.3, -0.25) is 0 Å². The van der Waals surface area contributed by atoms with Gasteiger partial charge in [0.1, 0.15) is 23.8 Å². The summed E-state index contributed by atoms with van der Waals surface area (Å²) in [7, 11) is -3.32. The smallest absolute Gasteiger partial charge is 0.490 e. The van der Waals surface area contributed by atoms with Crippen LogP contribution in [0.1, 0.15) is 31.1 Å². The van der Waals surface area contributed by atoms with Crippen molar-refractivity contribution in [1.29, 1.82) is 0 Å².